The number of pyridine rings is 2. The van der Waals surface area contributed by atoms with Crippen LogP contribution >= 0.6 is 0 Å². The van der Waals surface area contributed by atoms with E-state index in [0.717, 1.165) is 11.4 Å². The maximum Gasteiger partial charge on any atom is 0.0892 e. The Balaban J connectivity index is 1.05. The minimum absolute atomic E-state index is 0.0503. The molecule has 0 radical (unpaired) electrons. The van der Waals surface area contributed by atoms with E-state index in [1.807, 2.05) is 12.4 Å². The summed E-state index contributed by atoms with van der Waals surface area (Å²) in [5, 5.41) is 0. The summed E-state index contributed by atoms with van der Waals surface area (Å²) in [6, 6.07) is 42.9. The molecule has 0 amide bonds. The van der Waals surface area contributed by atoms with Gasteiger partial charge in [-0.15, -0.1) is 0 Å². The molecule has 0 spiro atoms. The first-order valence-corrected chi connectivity index (χ1v) is 33.0. The highest BCUT2D eigenvalue weighted by atomic mass is 14.8. The number of nitrogens with zero attached hydrogens (tertiary/aromatic N) is 2. The monoisotopic (exact) mass is 1040 g/mol. The summed E-state index contributed by atoms with van der Waals surface area (Å²) in [7, 11) is 0. The Labute approximate surface area is 476 Å². The van der Waals surface area contributed by atoms with Crippen LogP contribution < -0.4 is 0 Å². The maximum atomic E-state index is 5.05. The van der Waals surface area contributed by atoms with Crippen molar-refractivity contribution in [3.8, 4) is 55.9 Å². The molecule has 0 unspecified atom stereocenters. The van der Waals surface area contributed by atoms with Gasteiger partial charge in [0.1, 0.15) is 0 Å². The molecule has 8 rings (SSSR count). The van der Waals surface area contributed by atoms with E-state index >= 15 is 0 Å². The Morgan fingerprint density at radius 2 is 0.526 bits per heavy atom. The van der Waals surface area contributed by atoms with Crippen LogP contribution in [0.25, 0.3) is 55.9 Å². The average molecular weight is 1050 g/mol. The van der Waals surface area contributed by atoms with E-state index in [0.29, 0.717) is 0 Å². The highest BCUT2D eigenvalue weighted by Crippen LogP contribution is 2.57. The number of unbranched alkanes of at least 4 members (excludes halogenated alkanes) is 28. The van der Waals surface area contributed by atoms with Crippen molar-refractivity contribution in [2.45, 2.75) is 270 Å². The molecule has 2 heterocycles. The largest absolute Gasteiger partial charge is 0.255 e. The normalized spacial score (nSPS) is 13.6. The third-order valence-electron chi connectivity index (χ3n) is 18.8. The van der Waals surface area contributed by atoms with Crippen LogP contribution in [-0.2, 0) is 10.8 Å². The molecule has 4 aromatic carbocycles. The summed E-state index contributed by atoms with van der Waals surface area (Å²) in [6.45, 7) is 9.30. The molecule has 2 aromatic heterocycles. The van der Waals surface area contributed by atoms with Gasteiger partial charge in [0.15, 0.2) is 0 Å². The van der Waals surface area contributed by atoms with Crippen LogP contribution in [-0.4, -0.2) is 9.97 Å². The van der Waals surface area contributed by atoms with Crippen molar-refractivity contribution in [2.75, 3.05) is 0 Å². The number of rotatable bonds is 39. The van der Waals surface area contributed by atoms with E-state index in [1.54, 1.807) is 22.3 Å². The molecule has 2 aliphatic rings. The highest BCUT2D eigenvalue weighted by molar-refractivity contribution is 5.86. The van der Waals surface area contributed by atoms with Crippen molar-refractivity contribution in [3.63, 3.8) is 0 Å². The van der Waals surface area contributed by atoms with Crippen molar-refractivity contribution < 1.29 is 0 Å². The lowest BCUT2D eigenvalue weighted by atomic mass is 9.70. The third kappa shape index (κ3) is 15.3. The Hall–Kier alpha value is -4.82. The first-order chi connectivity index (χ1) is 38.6. The number of benzene rings is 4. The Kier molecular flexibility index (Phi) is 24.2. The molecule has 2 aliphatic carbocycles. The second-order valence-electron chi connectivity index (χ2n) is 24.5. The van der Waals surface area contributed by atoms with Crippen molar-refractivity contribution >= 4 is 0 Å². The van der Waals surface area contributed by atoms with Gasteiger partial charge >= 0.3 is 0 Å². The van der Waals surface area contributed by atoms with Crippen LogP contribution in [0.5, 0.6) is 0 Å². The van der Waals surface area contributed by atoms with E-state index < -0.39 is 0 Å². The molecule has 6 aromatic rings. The zero-order chi connectivity index (χ0) is 54.1. The van der Waals surface area contributed by atoms with Gasteiger partial charge in [-0.25, -0.2) is 0 Å². The van der Waals surface area contributed by atoms with Crippen LogP contribution in [0.1, 0.15) is 281 Å². The predicted molar refractivity (Wildman–Crippen MR) is 340 cm³/mol. The topological polar surface area (TPSA) is 25.8 Å². The Morgan fingerprint density at radius 3 is 0.846 bits per heavy atom. The van der Waals surface area contributed by atoms with E-state index in [-0.39, 0.29) is 10.8 Å². The van der Waals surface area contributed by atoms with Gasteiger partial charge in [0, 0.05) is 23.2 Å². The lowest BCUT2D eigenvalue weighted by molar-refractivity contribution is 0.397. The first-order valence-electron chi connectivity index (χ1n) is 33.0. The summed E-state index contributed by atoms with van der Waals surface area (Å²) >= 11 is 0. The molecule has 2 nitrogen and oxygen atoms in total. The van der Waals surface area contributed by atoms with Gasteiger partial charge in [0.05, 0.1) is 11.4 Å². The third-order valence-corrected chi connectivity index (χ3v) is 18.8. The van der Waals surface area contributed by atoms with Crippen LogP contribution in [0.15, 0.2) is 122 Å². The standard InChI is InChI=1S/C76H104N2/c1-5-9-13-17-21-25-29-37-51-75(52-38-30-26-22-18-14-10-6-2)69-43-35-33-41-65(69)67-47-45-61(57-71(67)75)63-49-55-77-73(59-63)74-60-64(50-56-78-74)62-46-48-68-66-42-34-36-44-70(66)76(72(68)58-62,53-39-31-27-23-19-15-11-7-3)54-40-32-28-24-20-16-12-8-4/h33-36,41-50,55-60H,5-32,37-40,51-54H2,1-4H3. The zero-order valence-corrected chi connectivity index (χ0v) is 49.9. The number of hydrogen-bond donors (Lipinski definition) is 0. The van der Waals surface area contributed by atoms with Crippen LogP contribution in [0.4, 0.5) is 0 Å². The van der Waals surface area contributed by atoms with E-state index in [1.165, 1.54) is 276 Å². The second-order valence-corrected chi connectivity index (χ2v) is 24.5. The quantitative estimate of drug-likeness (QED) is 0.0360. The number of aromatic nitrogens is 2. The van der Waals surface area contributed by atoms with Crippen molar-refractivity contribution in [1.82, 2.24) is 9.97 Å². The van der Waals surface area contributed by atoms with Gasteiger partial charge in [-0.2, -0.15) is 0 Å². The van der Waals surface area contributed by atoms with Crippen LogP contribution in [0.2, 0.25) is 0 Å². The summed E-state index contributed by atoms with van der Waals surface area (Å²) in [5.41, 5.74) is 19.1. The molecular formula is C76H104N2. The minimum atomic E-state index is 0.0503. The van der Waals surface area contributed by atoms with Gasteiger partial charge in [-0.05, 0) is 129 Å². The van der Waals surface area contributed by atoms with Gasteiger partial charge < -0.3 is 0 Å². The molecular weight excluding hydrogens is 941 g/mol. The summed E-state index contributed by atoms with van der Waals surface area (Å²) in [6.07, 6.45) is 52.4. The smallest absolute Gasteiger partial charge is 0.0892 e. The molecule has 0 saturated heterocycles. The molecule has 78 heavy (non-hydrogen) atoms. The Morgan fingerprint density at radius 1 is 0.256 bits per heavy atom. The molecule has 0 saturated carbocycles. The average Bonchev–Trinajstić information content (AvgIpc) is 4.11. The molecule has 0 N–H and O–H groups in total. The van der Waals surface area contributed by atoms with Crippen molar-refractivity contribution in [2.24, 2.45) is 0 Å². The SMILES string of the molecule is CCCCCCCCCCC1(CCCCCCCCCC)c2ccccc2-c2ccc(-c3ccnc(-c4cc(-c5ccc6c(c5)C(CCCCCCCCCC)(CCCCCCCCCC)c5ccccc5-6)ccn4)c3)cc21. The fourth-order valence-corrected chi connectivity index (χ4v) is 14.3. The predicted octanol–water partition coefficient (Wildman–Crippen LogP) is 24.1. The van der Waals surface area contributed by atoms with E-state index in [2.05, 4.69) is 137 Å². The lowest BCUT2D eigenvalue weighted by Gasteiger charge is -2.33. The van der Waals surface area contributed by atoms with Crippen LogP contribution in [0.3, 0.4) is 0 Å². The van der Waals surface area contributed by atoms with Crippen molar-refractivity contribution in [3.05, 3.63) is 144 Å². The van der Waals surface area contributed by atoms with Gasteiger partial charge in [-0.3, -0.25) is 9.97 Å². The fourth-order valence-electron chi connectivity index (χ4n) is 14.3. The summed E-state index contributed by atoms with van der Waals surface area (Å²) < 4.78 is 0. The first kappa shape index (κ1) is 59.3. The molecule has 0 aliphatic heterocycles. The van der Waals surface area contributed by atoms with E-state index in [9.17, 15) is 0 Å². The zero-order valence-electron chi connectivity index (χ0n) is 49.9. The number of fused-ring (bicyclic) bond motifs is 6. The van der Waals surface area contributed by atoms with Crippen molar-refractivity contribution in [1.29, 1.82) is 0 Å². The van der Waals surface area contributed by atoms with Gasteiger partial charge in [0.2, 0.25) is 0 Å². The highest BCUT2D eigenvalue weighted by Gasteiger charge is 2.43. The second kappa shape index (κ2) is 31.8. The lowest BCUT2D eigenvalue weighted by Crippen LogP contribution is -2.25. The molecule has 418 valence electrons. The minimum Gasteiger partial charge on any atom is -0.255 e. The Bertz CT molecular complexity index is 2460. The number of hydrogen-bond acceptors (Lipinski definition) is 2. The molecule has 0 fully saturated rings. The van der Waals surface area contributed by atoms with Gasteiger partial charge in [0.25, 0.3) is 0 Å². The van der Waals surface area contributed by atoms with E-state index in [4.69, 9.17) is 9.97 Å². The van der Waals surface area contributed by atoms with Gasteiger partial charge in [-0.1, -0.05) is 306 Å². The molecule has 0 bridgehead atoms. The van der Waals surface area contributed by atoms with Crippen LogP contribution in [0, 0.1) is 0 Å². The summed E-state index contributed by atoms with van der Waals surface area (Å²) in [4.78, 5) is 10.1. The summed E-state index contributed by atoms with van der Waals surface area (Å²) in [5.74, 6) is 0. The molecule has 2 heteroatoms. The maximum absolute atomic E-state index is 5.05. The molecule has 0 atom stereocenters. The fraction of sp³-hybridized carbons (Fsp3) is 0.553.